The third-order valence-electron chi connectivity index (χ3n) is 4.19. The Kier molecular flexibility index (Phi) is 4.46. The van der Waals surface area contributed by atoms with Crippen molar-refractivity contribution in [2.45, 2.75) is 45.6 Å². The fourth-order valence-corrected chi connectivity index (χ4v) is 2.85. The van der Waals surface area contributed by atoms with Crippen LogP contribution in [0.4, 0.5) is 5.69 Å². The Labute approximate surface area is 115 Å². The van der Waals surface area contributed by atoms with Gasteiger partial charge in [0.05, 0.1) is 0 Å². The van der Waals surface area contributed by atoms with Gasteiger partial charge in [-0.15, -0.1) is 0 Å². The first-order chi connectivity index (χ1) is 9.11. The lowest BCUT2D eigenvalue weighted by Crippen LogP contribution is -2.41. The Bertz CT molecular complexity index is 456. The number of hydrogen-bond acceptors (Lipinski definition) is 2. The van der Waals surface area contributed by atoms with E-state index in [1.807, 2.05) is 32.2 Å². The second-order valence-corrected chi connectivity index (χ2v) is 5.62. The minimum absolute atomic E-state index is 0.0684. The molecule has 2 unspecified atom stereocenters. The molecule has 0 spiro atoms. The zero-order valence-electron chi connectivity index (χ0n) is 12.1. The van der Waals surface area contributed by atoms with Crippen LogP contribution in [0.3, 0.4) is 0 Å². The summed E-state index contributed by atoms with van der Waals surface area (Å²) in [6.45, 7) is 4.22. The lowest BCUT2D eigenvalue weighted by molar-refractivity contribution is 0.0909. The van der Waals surface area contributed by atoms with Crippen LogP contribution in [0.5, 0.6) is 0 Å². The van der Waals surface area contributed by atoms with Crippen LogP contribution in [0, 0.1) is 12.8 Å². The minimum Gasteiger partial charge on any atom is -0.388 e. The molecule has 2 rings (SSSR count). The average Bonchev–Trinajstić information content (AvgIpc) is 2.41. The molecule has 1 saturated carbocycles. The van der Waals surface area contributed by atoms with Crippen molar-refractivity contribution in [2.75, 3.05) is 12.4 Å². The molecule has 0 bridgehead atoms. The summed E-state index contributed by atoms with van der Waals surface area (Å²) in [5, 5.41) is 6.29. The van der Waals surface area contributed by atoms with E-state index >= 15 is 0 Å². The van der Waals surface area contributed by atoms with E-state index in [2.05, 4.69) is 17.6 Å². The van der Waals surface area contributed by atoms with Crippen LogP contribution >= 0.6 is 0 Å². The van der Waals surface area contributed by atoms with E-state index < -0.39 is 0 Å². The Morgan fingerprint density at radius 2 is 2.00 bits per heavy atom. The molecule has 1 fully saturated rings. The van der Waals surface area contributed by atoms with Crippen LogP contribution in [0.15, 0.2) is 18.2 Å². The first kappa shape index (κ1) is 13.9. The van der Waals surface area contributed by atoms with Gasteiger partial charge in [-0.1, -0.05) is 19.8 Å². The molecule has 1 aliphatic rings. The number of rotatable bonds is 3. The molecule has 2 atom stereocenters. The number of anilines is 1. The molecule has 1 aliphatic carbocycles. The van der Waals surface area contributed by atoms with E-state index in [1.54, 1.807) is 0 Å². The molecule has 2 N–H and O–H groups in total. The third-order valence-corrected chi connectivity index (χ3v) is 4.19. The summed E-state index contributed by atoms with van der Waals surface area (Å²) >= 11 is 0. The van der Waals surface area contributed by atoms with E-state index in [1.165, 1.54) is 19.3 Å². The Balaban J connectivity index is 2.07. The van der Waals surface area contributed by atoms with E-state index in [-0.39, 0.29) is 5.91 Å². The number of aryl methyl sites for hydroxylation is 1. The fraction of sp³-hybridized carbons (Fsp3) is 0.562. The molecule has 0 saturated heterocycles. The largest absolute Gasteiger partial charge is 0.388 e. The minimum atomic E-state index is 0.0684. The van der Waals surface area contributed by atoms with Gasteiger partial charge in [0, 0.05) is 24.3 Å². The van der Waals surface area contributed by atoms with Gasteiger partial charge in [-0.3, -0.25) is 4.79 Å². The average molecular weight is 260 g/mol. The van der Waals surface area contributed by atoms with E-state index in [9.17, 15) is 4.79 Å². The van der Waals surface area contributed by atoms with E-state index in [4.69, 9.17) is 0 Å². The molecule has 0 aliphatic heterocycles. The van der Waals surface area contributed by atoms with Gasteiger partial charge in [0.2, 0.25) is 0 Å². The van der Waals surface area contributed by atoms with Gasteiger partial charge in [0.1, 0.15) is 0 Å². The van der Waals surface area contributed by atoms with Gasteiger partial charge in [0.25, 0.3) is 5.91 Å². The van der Waals surface area contributed by atoms with Crippen LogP contribution in [0.25, 0.3) is 0 Å². The maximum atomic E-state index is 12.3. The predicted octanol–water partition coefficient (Wildman–Crippen LogP) is 3.35. The monoisotopic (exact) mass is 260 g/mol. The lowest BCUT2D eigenvalue weighted by atomic mass is 9.86. The molecule has 19 heavy (non-hydrogen) atoms. The number of nitrogens with one attached hydrogen (secondary N) is 2. The summed E-state index contributed by atoms with van der Waals surface area (Å²) in [6.07, 6.45) is 4.86. The second kappa shape index (κ2) is 6.09. The van der Waals surface area contributed by atoms with Crippen molar-refractivity contribution in [1.29, 1.82) is 0 Å². The summed E-state index contributed by atoms with van der Waals surface area (Å²) in [5.41, 5.74) is 2.85. The SMILES string of the molecule is CNc1ccc(C(=O)NC2CCCCC2C)c(C)c1. The first-order valence-electron chi connectivity index (χ1n) is 7.21. The van der Waals surface area contributed by atoms with Crippen molar-refractivity contribution in [2.24, 2.45) is 5.92 Å². The molecule has 0 heterocycles. The Hall–Kier alpha value is -1.51. The van der Waals surface area contributed by atoms with Crippen molar-refractivity contribution in [3.8, 4) is 0 Å². The first-order valence-corrected chi connectivity index (χ1v) is 7.21. The Morgan fingerprint density at radius 3 is 2.63 bits per heavy atom. The summed E-state index contributed by atoms with van der Waals surface area (Å²) in [5.74, 6) is 0.661. The standard InChI is InChI=1S/C16H24N2O/c1-11-6-4-5-7-15(11)18-16(19)14-9-8-13(17-3)10-12(14)2/h8-11,15,17H,4-7H2,1-3H3,(H,18,19). The zero-order valence-corrected chi connectivity index (χ0v) is 12.1. The maximum Gasteiger partial charge on any atom is 0.251 e. The van der Waals surface area contributed by atoms with Crippen molar-refractivity contribution in [3.05, 3.63) is 29.3 Å². The smallest absolute Gasteiger partial charge is 0.251 e. The normalized spacial score (nSPS) is 22.9. The van der Waals surface area contributed by atoms with E-state index in [0.717, 1.165) is 23.2 Å². The third kappa shape index (κ3) is 3.28. The number of benzene rings is 1. The summed E-state index contributed by atoms with van der Waals surface area (Å²) in [6, 6.07) is 6.21. The van der Waals surface area contributed by atoms with Crippen LogP contribution in [0.1, 0.15) is 48.5 Å². The quantitative estimate of drug-likeness (QED) is 0.875. The van der Waals surface area contributed by atoms with Crippen molar-refractivity contribution in [1.82, 2.24) is 5.32 Å². The number of carbonyl (C=O) groups excluding carboxylic acids is 1. The second-order valence-electron chi connectivity index (χ2n) is 5.62. The van der Waals surface area contributed by atoms with Gasteiger partial charge >= 0.3 is 0 Å². The molecule has 3 heteroatoms. The van der Waals surface area contributed by atoms with Gasteiger partial charge in [0.15, 0.2) is 0 Å². The van der Waals surface area contributed by atoms with Gasteiger partial charge in [-0.05, 0) is 49.4 Å². The summed E-state index contributed by atoms with van der Waals surface area (Å²) in [7, 11) is 1.89. The molecular weight excluding hydrogens is 236 g/mol. The molecule has 3 nitrogen and oxygen atoms in total. The van der Waals surface area contributed by atoms with Gasteiger partial charge in [-0.2, -0.15) is 0 Å². The predicted molar refractivity (Wildman–Crippen MR) is 79.6 cm³/mol. The molecule has 0 radical (unpaired) electrons. The summed E-state index contributed by atoms with van der Waals surface area (Å²) < 4.78 is 0. The number of amides is 1. The highest BCUT2D eigenvalue weighted by atomic mass is 16.1. The highest BCUT2D eigenvalue weighted by Crippen LogP contribution is 2.24. The van der Waals surface area contributed by atoms with Gasteiger partial charge < -0.3 is 10.6 Å². The highest BCUT2D eigenvalue weighted by Gasteiger charge is 2.23. The van der Waals surface area contributed by atoms with Crippen LogP contribution in [-0.4, -0.2) is 19.0 Å². The highest BCUT2D eigenvalue weighted by molar-refractivity contribution is 5.96. The lowest BCUT2D eigenvalue weighted by Gasteiger charge is -2.29. The summed E-state index contributed by atoms with van der Waals surface area (Å²) in [4.78, 5) is 12.3. The van der Waals surface area contributed by atoms with Gasteiger partial charge in [-0.25, -0.2) is 0 Å². The Morgan fingerprint density at radius 1 is 1.26 bits per heavy atom. The number of hydrogen-bond donors (Lipinski definition) is 2. The van der Waals surface area contributed by atoms with Crippen molar-refractivity contribution in [3.63, 3.8) is 0 Å². The van der Waals surface area contributed by atoms with Crippen LogP contribution in [0.2, 0.25) is 0 Å². The maximum absolute atomic E-state index is 12.3. The molecule has 0 aromatic heterocycles. The molecule has 104 valence electrons. The topological polar surface area (TPSA) is 41.1 Å². The molecule has 1 aromatic rings. The zero-order chi connectivity index (χ0) is 13.8. The number of carbonyl (C=O) groups is 1. The van der Waals surface area contributed by atoms with Crippen LogP contribution < -0.4 is 10.6 Å². The van der Waals surface area contributed by atoms with Crippen LogP contribution in [-0.2, 0) is 0 Å². The fourth-order valence-electron chi connectivity index (χ4n) is 2.85. The molecular formula is C16H24N2O. The van der Waals surface area contributed by atoms with E-state index in [0.29, 0.717) is 12.0 Å². The molecule has 1 amide bonds. The van der Waals surface area contributed by atoms with Crippen molar-refractivity contribution >= 4 is 11.6 Å². The molecule has 1 aromatic carbocycles. The van der Waals surface area contributed by atoms with Crippen molar-refractivity contribution < 1.29 is 4.79 Å².